The number of hydrogen-bond donors (Lipinski definition) is 1. The van der Waals surface area contributed by atoms with E-state index in [-0.39, 0.29) is 12.0 Å². The zero-order chi connectivity index (χ0) is 19.8. The topological polar surface area (TPSA) is 57.7 Å². The Kier molecular flexibility index (Phi) is 5.11. The fraction of sp³-hybridized carbons (Fsp3) is 0.455. The molecule has 5 rings (SSSR count). The second kappa shape index (κ2) is 7.89. The van der Waals surface area contributed by atoms with Crippen LogP contribution in [0.25, 0.3) is 21.0 Å². The summed E-state index contributed by atoms with van der Waals surface area (Å²) in [5.74, 6) is 0.982. The zero-order valence-electron chi connectivity index (χ0n) is 16.7. The van der Waals surface area contributed by atoms with E-state index < -0.39 is 0 Å². The van der Waals surface area contributed by atoms with Gasteiger partial charge in [-0.3, -0.25) is 4.79 Å². The van der Waals surface area contributed by atoms with Crippen LogP contribution in [-0.4, -0.2) is 68.3 Å². The molecule has 3 aromatic rings. The highest BCUT2D eigenvalue weighted by atomic mass is 32.1. The molecule has 1 unspecified atom stereocenters. The Bertz CT molecular complexity index is 1040. The molecule has 7 heteroatoms. The monoisotopic (exact) mass is 410 g/mol. The van der Waals surface area contributed by atoms with Crippen molar-refractivity contribution in [3.05, 3.63) is 35.2 Å². The number of amides is 1. The molecule has 6 nitrogen and oxygen atoms in total. The fourth-order valence-electron chi connectivity index (χ4n) is 4.20. The third-order valence-corrected chi connectivity index (χ3v) is 6.90. The van der Waals surface area contributed by atoms with E-state index in [9.17, 15) is 4.79 Å². The molecule has 29 heavy (non-hydrogen) atoms. The number of ether oxygens (including phenoxy) is 1. The molecule has 1 N–H and O–H groups in total. The average molecular weight is 411 g/mol. The van der Waals surface area contributed by atoms with Gasteiger partial charge in [0.1, 0.15) is 5.82 Å². The number of carbonyl (C=O) groups excluding carboxylic acids is 1. The van der Waals surface area contributed by atoms with Gasteiger partial charge in [-0.25, -0.2) is 4.98 Å². The minimum Gasteiger partial charge on any atom is -0.376 e. The van der Waals surface area contributed by atoms with E-state index in [4.69, 9.17) is 9.72 Å². The summed E-state index contributed by atoms with van der Waals surface area (Å²) in [6.07, 6.45) is 2.24. The molecule has 1 aromatic carbocycles. The van der Waals surface area contributed by atoms with Crippen molar-refractivity contribution in [1.29, 1.82) is 0 Å². The van der Waals surface area contributed by atoms with Crippen molar-refractivity contribution in [3.8, 4) is 0 Å². The van der Waals surface area contributed by atoms with Gasteiger partial charge < -0.3 is 19.9 Å². The predicted molar refractivity (Wildman–Crippen MR) is 118 cm³/mol. The summed E-state index contributed by atoms with van der Waals surface area (Å²) < 4.78 is 6.85. The molecule has 0 spiro atoms. The summed E-state index contributed by atoms with van der Waals surface area (Å²) in [5.41, 5.74) is 1.54. The molecule has 0 aliphatic carbocycles. The zero-order valence-corrected chi connectivity index (χ0v) is 17.5. The van der Waals surface area contributed by atoms with Crippen molar-refractivity contribution in [2.75, 3.05) is 51.3 Å². The molecule has 152 valence electrons. The number of carbonyl (C=O) groups is 1. The molecule has 0 saturated carbocycles. The number of piperazine rings is 1. The summed E-state index contributed by atoms with van der Waals surface area (Å²) in [7, 11) is 2.16. The van der Waals surface area contributed by atoms with E-state index in [0.29, 0.717) is 12.1 Å². The molecule has 2 fully saturated rings. The highest BCUT2D eigenvalue weighted by Crippen LogP contribution is 2.35. The van der Waals surface area contributed by atoms with Crippen molar-refractivity contribution in [2.24, 2.45) is 0 Å². The van der Waals surface area contributed by atoms with Gasteiger partial charge in [0.2, 0.25) is 0 Å². The highest BCUT2D eigenvalue weighted by Gasteiger charge is 2.21. The van der Waals surface area contributed by atoms with Crippen LogP contribution < -0.4 is 10.2 Å². The van der Waals surface area contributed by atoms with Gasteiger partial charge >= 0.3 is 0 Å². The molecule has 0 bridgehead atoms. The maximum atomic E-state index is 12.7. The molecule has 0 radical (unpaired) electrons. The number of aromatic nitrogens is 1. The molecule has 2 saturated heterocycles. The quantitative estimate of drug-likeness (QED) is 0.716. The van der Waals surface area contributed by atoms with Gasteiger partial charge in [0.25, 0.3) is 5.91 Å². The Morgan fingerprint density at radius 2 is 2.10 bits per heavy atom. The van der Waals surface area contributed by atoms with E-state index >= 15 is 0 Å². The van der Waals surface area contributed by atoms with Crippen molar-refractivity contribution in [1.82, 2.24) is 15.2 Å². The first-order chi connectivity index (χ1) is 14.2. The maximum Gasteiger partial charge on any atom is 0.251 e. The summed E-state index contributed by atoms with van der Waals surface area (Å²) in [6.45, 7) is 5.39. The number of pyridine rings is 1. The van der Waals surface area contributed by atoms with E-state index in [0.717, 1.165) is 62.3 Å². The van der Waals surface area contributed by atoms with Crippen LogP contribution in [0.2, 0.25) is 0 Å². The number of thiophene rings is 1. The second-order valence-corrected chi connectivity index (χ2v) is 8.88. The third-order valence-electron chi connectivity index (χ3n) is 5.95. The predicted octanol–water partition coefficient (Wildman–Crippen LogP) is 3.11. The van der Waals surface area contributed by atoms with Crippen molar-refractivity contribution >= 4 is 44.1 Å². The first-order valence-electron chi connectivity index (χ1n) is 10.3. The number of anilines is 1. The molecule has 2 aromatic heterocycles. The van der Waals surface area contributed by atoms with Crippen LogP contribution >= 0.6 is 11.3 Å². The molecule has 2 aliphatic rings. The van der Waals surface area contributed by atoms with Crippen LogP contribution in [0.1, 0.15) is 23.2 Å². The Labute approximate surface area is 174 Å². The summed E-state index contributed by atoms with van der Waals surface area (Å²) in [6, 6.07) is 8.04. The standard InChI is InChI=1S/C22H26N4O2S/c1-25-7-9-26(10-8-25)21-18-6-12-29-20(18)17-5-4-15(13-19(17)24-21)22(27)23-14-16-3-2-11-28-16/h4-6,12-13,16H,2-3,7-11,14H2,1H3,(H,23,27). The Morgan fingerprint density at radius 3 is 2.90 bits per heavy atom. The maximum absolute atomic E-state index is 12.7. The first-order valence-corrected chi connectivity index (χ1v) is 11.2. The number of nitrogens with one attached hydrogen (secondary N) is 1. The number of rotatable bonds is 4. The Hall–Kier alpha value is -2.22. The summed E-state index contributed by atoms with van der Waals surface area (Å²) >= 11 is 1.74. The van der Waals surface area contributed by atoms with E-state index in [1.165, 1.54) is 10.1 Å². The number of nitrogens with zero attached hydrogens (tertiary/aromatic N) is 3. The average Bonchev–Trinajstić information content (AvgIpc) is 3.44. The lowest BCUT2D eigenvalue weighted by Crippen LogP contribution is -2.44. The van der Waals surface area contributed by atoms with Crippen molar-refractivity contribution < 1.29 is 9.53 Å². The van der Waals surface area contributed by atoms with Crippen LogP contribution in [0.15, 0.2) is 29.6 Å². The van der Waals surface area contributed by atoms with Crippen LogP contribution in [0.4, 0.5) is 5.82 Å². The SMILES string of the molecule is CN1CCN(c2nc3cc(C(=O)NCC4CCCO4)ccc3c3sccc23)CC1. The molecule has 1 atom stereocenters. The van der Waals surface area contributed by atoms with Crippen LogP contribution in [-0.2, 0) is 4.74 Å². The lowest BCUT2D eigenvalue weighted by Gasteiger charge is -2.33. The van der Waals surface area contributed by atoms with Gasteiger partial charge in [0.15, 0.2) is 0 Å². The van der Waals surface area contributed by atoms with Gasteiger partial charge in [0, 0.05) is 60.4 Å². The molecular weight excluding hydrogens is 384 g/mol. The summed E-state index contributed by atoms with van der Waals surface area (Å²) in [5, 5.41) is 7.47. The smallest absolute Gasteiger partial charge is 0.251 e. The lowest BCUT2D eigenvalue weighted by molar-refractivity contribution is 0.0858. The van der Waals surface area contributed by atoms with Crippen molar-refractivity contribution in [2.45, 2.75) is 18.9 Å². The van der Waals surface area contributed by atoms with Crippen LogP contribution in [0.3, 0.4) is 0 Å². The normalized spacial score (nSPS) is 20.6. The summed E-state index contributed by atoms with van der Waals surface area (Å²) in [4.78, 5) is 22.4. The number of hydrogen-bond acceptors (Lipinski definition) is 6. The minimum absolute atomic E-state index is 0.0587. The van der Waals surface area contributed by atoms with E-state index in [2.05, 4.69) is 33.6 Å². The first kappa shape index (κ1) is 18.8. The largest absolute Gasteiger partial charge is 0.376 e. The van der Waals surface area contributed by atoms with Crippen LogP contribution in [0, 0.1) is 0 Å². The Balaban J connectivity index is 1.46. The van der Waals surface area contributed by atoms with Gasteiger partial charge in [-0.2, -0.15) is 0 Å². The van der Waals surface area contributed by atoms with E-state index in [1.807, 2.05) is 18.2 Å². The Morgan fingerprint density at radius 1 is 1.24 bits per heavy atom. The third kappa shape index (κ3) is 3.70. The minimum atomic E-state index is -0.0587. The molecule has 2 aliphatic heterocycles. The molecule has 4 heterocycles. The second-order valence-electron chi connectivity index (χ2n) is 7.97. The van der Waals surface area contributed by atoms with Gasteiger partial charge in [-0.1, -0.05) is 6.07 Å². The van der Waals surface area contributed by atoms with Gasteiger partial charge in [-0.05, 0) is 43.5 Å². The van der Waals surface area contributed by atoms with Gasteiger partial charge in [0.05, 0.1) is 11.6 Å². The molecule has 1 amide bonds. The number of likely N-dealkylation sites (N-methyl/N-ethyl adjacent to an activating group) is 1. The van der Waals surface area contributed by atoms with Gasteiger partial charge in [-0.15, -0.1) is 11.3 Å². The highest BCUT2D eigenvalue weighted by molar-refractivity contribution is 7.18. The lowest BCUT2D eigenvalue weighted by atomic mass is 10.1. The molecular formula is C22H26N4O2S. The van der Waals surface area contributed by atoms with Crippen LogP contribution in [0.5, 0.6) is 0 Å². The van der Waals surface area contributed by atoms with Crippen molar-refractivity contribution in [3.63, 3.8) is 0 Å². The number of fused-ring (bicyclic) bond motifs is 3. The fourth-order valence-corrected chi connectivity index (χ4v) is 5.12. The van der Waals surface area contributed by atoms with E-state index in [1.54, 1.807) is 11.3 Å². The number of benzene rings is 1.